The van der Waals surface area contributed by atoms with Gasteiger partial charge in [0.2, 0.25) is 0 Å². The smallest absolute Gasteiger partial charge is 0.166 e. The Morgan fingerprint density at radius 1 is 1.33 bits per heavy atom. The average molecular weight is 199 g/mol. The van der Waals surface area contributed by atoms with Crippen molar-refractivity contribution in [1.29, 1.82) is 0 Å². The van der Waals surface area contributed by atoms with Crippen molar-refractivity contribution in [3.63, 3.8) is 0 Å². The average Bonchev–Trinajstić information content (AvgIpc) is 3.05. The van der Waals surface area contributed by atoms with Crippen LogP contribution in [0, 0.1) is 6.92 Å². The van der Waals surface area contributed by atoms with Crippen molar-refractivity contribution in [2.45, 2.75) is 25.8 Å². The predicted molar refractivity (Wildman–Crippen MR) is 60.3 cm³/mol. The largest absolute Gasteiger partial charge is 0.335 e. The van der Waals surface area contributed by atoms with Crippen molar-refractivity contribution in [3.8, 4) is 0 Å². The van der Waals surface area contributed by atoms with E-state index in [2.05, 4.69) is 16.7 Å². The second-order valence-electron chi connectivity index (χ2n) is 4.25. The summed E-state index contributed by atoms with van der Waals surface area (Å²) in [5, 5.41) is 1.21. The summed E-state index contributed by atoms with van der Waals surface area (Å²) >= 11 is 0. The lowest BCUT2D eigenvalue weighted by Crippen LogP contribution is -1.99. The molecule has 0 amide bonds. The number of para-hydroxylation sites is 1. The second kappa shape index (κ2) is 2.96. The summed E-state index contributed by atoms with van der Waals surface area (Å²) in [5.74, 6) is 0. The summed E-state index contributed by atoms with van der Waals surface area (Å²) in [7, 11) is 0. The number of hydrogen-bond donors (Lipinski definition) is 0. The van der Waals surface area contributed by atoms with Crippen LogP contribution in [-0.2, 0) is 0 Å². The lowest BCUT2D eigenvalue weighted by atomic mass is 10.2. The molecule has 15 heavy (non-hydrogen) atoms. The van der Waals surface area contributed by atoms with Gasteiger partial charge < -0.3 is 4.57 Å². The first-order valence-corrected chi connectivity index (χ1v) is 5.37. The van der Waals surface area contributed by atoms with E-state index in [4.69, 9.17) is 0 Å². The fourth-order valence-electron chi connectivity index (χ4n) is 2.32. The molecule has 0 atom stereocenters. The summed E-state index contributed by atoms with van der Waals surface area (Å²) in [6, 6.07) is 8.82. The van der Waals surface area contributed by atoms with Gasteiger partial charge in [-0.15, -0.1) is 0 Å². The SMILES string of the molecule is Cc1c(C=O)n(C2CC2)c2ccccc12. The highest BCUT2D eigenvalue weighted by molar-refractivity contribution is 5.93. The van der Waals surface area contributed by atoms with Crippen LogP contribution in [0.25, 0.3) is 10.9 Å². The number of benzene rings is 1. The van der Waals surface area contributed by atoms with Crippen LogP contribution in [0.1, 0.15) is 34.9 Å². The van der Waals surface area contributed by atoms with Crippen LogP contribution in [0.3, 0.4) is 0 Å². The Labute approximate surface area is 88.5 Å². The van der Waals surface area contributed by atoms with Crippen LogP contribution >= 0.6 is 0 Å². The van der Waals surface area contributed by atoms with E-state index >= 15 is 0 Å². The molecule has 1 heterocycles. The van der Waals surface area contributed by atoms with Crippen molar-refractivity contribution in [3.05, 3.63) is 35.5 Å². The highest BCUT2D eigenvalue weighted by atomic mass is 16.1. The number of carbonyl (C=O) groups excluding carboxylic acids is 1. The topological polar surface area (TPSA) is 22.0 Å². The summed E-state index contributed by atoms with van der Waals surface area (Å²) in [4.78, 5) is 11.1. The molecule has 0 aliphatic heterocycles. The monoisotopic (exact) mass is 199 g/mol. The molecule has 2 heteroatoms. The number of aromatic nitrogens is 1. The molecule has 1 aromatic heterocycles. The van der Waals surface area contributed by atoms with Crippen molar-refractivity contribution in [2.24, 2.45) is 0 Å². The lowest BCUT2D eigenvalue weighted by molar-refractivity contribution is 0.111. The van der Waals surface area contributed by atoms with Crippen LogP contribution in [0.5, 0.6) is 0 Å². The molecule has 0 spiro atoms. The van der Waals surface area contributed by atoms with Crippen molar-refractivity contribution < 1.29 is 4.79 Å². The fraction of sp³-hybridized carbons (Fsp3) is 0.308. The molecule has 3 rings (SSSR count). The van der Waals surface area contributed by atoms with Gasteiger partial charge in [0.15, 0.2) is 6.29 Å². The highest BCUT2D eigenvalue weighted by Crippen LogP contribution is 2.40. The minimum absolute atomic E-state index is 0.559. The van der Waals surface area contributed by atoms with Gasteiger partial charge in [0.05, 0.1) is 5.69 Å². The van der Waals surface area contributed by atoms with Crippen LogP contribution in [0.4, 0.5) is 0 Å². The number of aldehydes is 1. The van der Waals surface area contributed by atoms with E-state index < -0.39 is 0 Å². The maximum atomic E-state index is 11.1. The third-order valence-electron chi connectivity index (χ3n) is 3.23. The van der Waals surface area contributed by atoms with Gasteiger partial charge >= 0.3 is 0 Å². The number of carbonyl (C=O) groups is 1. The normalized spacial score (nSPS) is 15.8. The van der Waals surface area contributed by atoms with Gasteiger partial charge in [0, 0.05) is 16.9 Å². The molecule has 1 saturated carbocycles. The molecule has 2 aromatic rings. The molecule has 0 N–H and O–H groups in total. The summed E-state index contributed by atoms with van der Waals surface area (Å²) in [5.41, 5.74) is 3.19. The van der Waals surface area contributed by atoms with Crippen molar-refractivity contribution in [2.75, 3.05) is 0 Å². The molecule has 0 saturated heterocycles. The number of fused-ring (bicyclic) bond motifs is 1. The Morgan fingerprint density at radius 3 is 2.73 bits per heavy atom. The molecule has 1 aliphatic carbocycles. The number of hydrogen-bond acceptors (Lipinski definition) is 1. The van der Waals surface area contributed by atoms with Gasteiger partial charge in [-0.25, -0.2) is 0 Å². The minimum atomic E-state index is 0.559. The van der Waals surface area contributed by atoms with Crippen LogP contribution in [-0.4, -0.2) is 10.9 Å². The highest BCUT2D eigenvalue weighted by Gasteiger charge is 2.28. The van der Waals surface area contributed by atoms with Crippen LogP contribution < -0.4 is 0 Å². The quantitative estimate of drug-likeness (QED) is 0.681. The Bertz CT molecular complexity index is 535. The van der Waals surface area contributed by atoms with E-state index in [1.165, 1.54) is 23.7 Å². The molecule has 0 bridgehead atoms. The minimum Gasteiger partial charge on any atom is -0.335 e. The van der Waals surface area contributed by atoms with E-state index in [0.29, 0.717) is 6.04 Å². The molecule has 1 fully saturated rings. The van der Waals surface area contributed by atoms with E-state index in [-0.39, 0.29) is 0 Å². The Morgan fingerprint density at radius 2 is 2.07 bits per heavy atom. The first-order chi connectivity index (χ1) is 7.33. The molecule has 0 radical (unpaired) electrons. The number of nitrogens with zero attached hydrogens (tertiary/aromatic N) is 1. The van der Waals surface area contributed by atoms with Crippen LogP contribution in [0.2, 0.25) is 0 Å². The standard InChI is InChI=1S/C13H13NO/c1-9-11-4-2-3-5-12(11)14(10-6-7-10)13(9)8-15/h2-5,8,10H,6-7H2,1H3. The van der Waals surface area contributed by atoms with Crippen molar-refractivity contribution >= 4 is 17.2 Å². The molecular formula is C13H13NO. The summed E-state index contributed by atoms with van der Waals surface area (Å²) < 4.78 is 2.21. The Balaban J connectivity index is 2.42. The van der Waals surface area contributed by atoms with Crippen LogP contribution in [0.15, 0.2) is 24.3 Å². The number of aryl methyl sites for hydroxylation is 1. The molecule has 0 unspecified atom stereocenters. The van der Waals surface area contributed by atoms with Gasteiger partial charge in [-0.3, -0.25) is 4.79 Å². The Hall–Kier alpha value is -1.57. The number of rotatable bonds is 2. The fourth-order valence-corrected chi connectivity index (χ4v) is 2.32. The first kappa shape index (κ1) is 8.72. The zero-order valence-electron chi connectivity index (χ0n) is 8.73. The molecule has 76 valence electrons. The molecule has 1 aliphatic rings. The van der Waals surface area contributed by atoms with E-state index in [1.54, 1.807) is 0 Å². The van der Waals surface area contributed by atoms with Crippen molar-refractivity contribution in [1.82, 2.24) is 4.57 Å². The second-order valence-corrected chi connectivity index (χ2v) is 4.25. The summed E-state index contributed by atoms with van der Waals surface area (Å²) in [6.45, 7) is 2.03. The Kier molecular flexibility index (Phi) is 1.72. The predicted octanol–water partition coefficient (Wildman–Crippen LogP) is 3.10. The van der Waals surface area contributed by atoms with Gasteiger partial charge in [0.1, 0.15) is 0 Å². The summed E-state index contributed by atoms with van der Waals surface area (Å²) in [6.07, 6.45) is 3.41. The van der Waals surface area contributed by atoms with Gasteiger partial charge in [-0.2, -0.15) is 0 Å². The van der Waals surface area contributed by atoms with E-state index in [1.807, 2.05) is 19.1 Å². The first-order valence-electron chi connectivity index (χ1n) is 5.37. The maximum absolute atomic E-state index is 11.1. The zero-order chi connectivity index (χ0) is 10.4. The lowest BCUT2D eigenvalue weighted by Gasteiger charge is -2.04. The van der Waals surface area contributed by atoms with Gasteiger partial charge in [-0.1, -0.05) is 18.2 Å². The maximum Gasteiger partial charge on any atom is 0.166 e. The zero-order valence-corrected chi connectivity index (χ0v) is 8.73. The third-order valence-corrected chi connectivity index (χ3v) is 3.23. The van der Waals surface area contributed by atoms with E-state index in [0.717, 1.165) is 17.5 Å². The third kappa shape index (κ3) is 1.14. The molecule has 1 aromatic carbocycles. The van der Waals surface area contributed by atoms with Gasteiger partial charge in [0.25, 0.3) is 0 Å². The molecular weight excluding hydrogens is 186 g/mol. The van der Waals surface area contributed by atoms with Gasteiger partial charge in [-0.05, 0) is 31.4 Å². The molecule has 2 nitrogen and oxygen atoms in total. The van der Waals surface area contributed by atoms with E-state index in [9.17, 15) is 4.79 Å².